The number of aliphatic hydroxyl groups excluding tert-OH is 5. The summed E-state index contributed by atoms with van der Waals surface area (Å²) in [4.78, 5) is 13.0. The van der Waals surface area contributed by atoms with Crippen LogP contribution in [0.1, 0.15) is 168 Å². The average Bonchev–Trinajstić information content (AvgIpc) is 3.26. The molecule has 0 aromatic carbocycles. The zero-order chi connectivity index (χ0) is 44.4. The fourth-order valence-corrected chi connectivity index (χ4v) is 6.82. The van der Waals surface area contributed by atoms with Crippen LogP contribution in [0.25, 0.3) is 0 Å². The van der Waals surface area contributed by atoms with Crippen molar-refractivity contribution in [3.8, 4) is 0 Å². The Morgan fingerprint density at radius 1 is 0.574 bits per heavy atom. The molecule has 7 atom stereocenters. The summed E-state index contributed by atoms with van der Waals surface area (Å²) in [6, 6.07) is -0.841. The van der Waals surface area contributed by atoms with Crippen LogP contribution in [0.3, 0.4) is 0 Å². The molecule has 0 spiro atoms. The fraction of sp³-hybridized carbons (Fsp3) is 0.673. The molecule has 7 unspecified atom stereocenters. The first-order valence-corrected chi connectivity index (χ1v) is 24.0. The number of ether oxygens (including phenoxy) is 2. The van der Waals surface area contributed by atoms with E-state index in [4.69, 9.17) is 9.47 Å². The van der Waals surface area contributed by atoms with Crippen molar-refractivity contribution in [2.75, 3.05) is 13.2 Å². The Balaban J connectivity index is 2.38. The Kier molecular flexibility index (Phi) is 37.9. The van der Waals surface area contributed by atoms with Gasteiger partial charge in [-0.15, -0.1) is 0 Å². The highest BCUT2D eigenvalue weighted by Crippen LogP contribution is 2.22. The van der Waals surface area contributed by atoms with Gasteiger partial charge in [-0.05, 0) is 83.5 Å². The number of unbranched alkanes of at least 4 members (excludes halogenated alkanes) is 14. The van der Waals surface area contributed by atoms with Crippen molar-refractivity contribution in [3.63, 3.8) is 0 Å². The first kappa shape index (κ1) is 56.1. The zero-order valence-corrected chi connectivity index (χ0v) is 38.1. The van der Waals surface area contributed by atoms with Crippen LogP contribution in [0.15, 0.2) is 97.2 Å². The molecule has 1 rings (SSSR count). The number of aliphatic hydroxyl groups is 5. The second kappa shape index (κ2) is 41.1. The maximum atomic E-state index is 13.0. The fourth-order valence-electron chi connectivity index (χ4n) is 6.82. The normalized spacial score (nSPS) is 21.3. The summed E-state index contributed by atoms with van der Waals surface area (Å²) in [6.07, 6.45) is 51.6. The van der Waals surface area contributed by atoms with Gasteiger partial charge in [0.15, 0.2) is 6.29 Å². The standard InChI is InChI=1S/C52H87NO8/c1-3-5-7-9-11-13-15-17-19-20-21-22-23-24-25-26-28-30-32-34-36-38-40-42-48(56)53-45(44-60-52-51(59)50(58)49(57)47(43-54)61-52)46(55)41-39-37-35-33-31-29-27-18-16-14-12-10-8-6-4-2/h5,7,11,13,17,19,21-22,24-25,28,30-31,33,39,41,45-47,49-52,54-55,57-59H,3-4,6,8-10,12,14-16,18,20,23,26-27,29,32,34-38,40,42-44H2,1-2H3,(H,53,56)/b7-5-,13-11-,19-17-,22-21-,25-24-,30-28-,33-31+,41-39+. The molecule has 0 aliphatic carbocycles. The van der Waals surface area contributed by atoms with Gasteiger partial charge in [0.05, 0.1) is 25.4 Å². The maximum Gasteiger partial charge on any atom is 0.220 e. The minimum absolute atomic E-state index is 0.216. The maximum absolute atomic E-state index is 13.0. The quantitative estimate of drug-likeness (QED) is 0.0266. The van der Waals surface area contributed by atoms with E-state index < -0.39 is 49.5 Å². The largest absolute Gasteiger partial charge is 0.394 e. The molecule has 1 amide bonds. The average molecular weight is 854 g/mol. The van der Waals surface area contributed by atoms with Gasteiger partial charge in [0.2, 0.25) is 5.91 Å². The summed E-state index contributed by atoms with van der Waals surface area (Å²) in [5.74, 6) is -0.216. The van der Waals surface area contributed by atoms with Crippen LogP contribution in [0, 0.1) is 0 Å². The summed E-state index contributed by atoms with van der Waals surface area (Å²) in [5, 5.41) is 54.2. The molecule has 1 aliphatic rings. The van der Waals surface area contributed by atoms with Gasteiger partial charge >= 0.3 is 0 Å². The summed E-state index contributed by atoms with van der Waals surface area (Å²) in [5.41, 5.74) is 0. The van der Waals surface area contributed by atoms with Crippen molar-refractivity contribution in [3.05, 3.63) is 97.2 Å². The lowest BCUT2D eigenvalue weighted by Crippen LogP contribution is -2.60. The molecule has 0 bridgehead atoms. The van der Waals surface area contributed by atoms with Gasteiger partial charge in [0.25, 0.3) is 0 Å². The summed E-state index contributed by atoms with van der Waals surface area (Å²) < 4.78 is 11.2. The van der Waals surface area contributed by atoms with Crippen molar-refractivity contribution in [2.45, 2.75) is 211 Å². The van der Waals surface area contributed by atoms with Gasteiger partial charge < -0.3 is 40.3 Å². The van der Waals surface area contributed by atoms with Crippen LogP contribution in [0.4, 0.5) is 0 Å². The monoisotopic (exact) mass is 854 g/mol. The molecule has 1 aliphatic heterocycles. The second-order valence-corrected chi connectivity index (χ2v) is 16.2. The molecule has 0 radical (unpaired) electrons. The molecule has 1 saturated heterocycles. The summed E-state index contributed by atoms with van der Waals surface area (Å²) in [7, 11) is 0. The molecule has 9 heteroatoms. The predicted molar refractivity (Wildman–Crippen MR) is 253 cm³/mol. The van der Waals surface area contributed by atoms with Crippen LogP contribution >= 0.6 is 0 Å². The third-order valence-electron chi connectivity index (χ3n) is 10.6. The van der Waals surface area contributed by atoms with Crippen LogP contribution in [0.5, 0.6) is 0 Å². The smallest absolute Gasteiger partial charge is 0.220 e. The van der Waals surface area contributed by atoms with Crippen LogP contribution < -0.4 is 5.32 Å². The highest BCUT2D eigenvalue weighted by Gasteiger charge is 2.44. The molecule has 1 fully saturated rings. The van der Waals surface area contributed by atoms with Crippen molar-refractivity contribution < 1.29 is 39.8 Å². The van der Waals surface area contributed by atoms with Crippen LogP contribution in [0.2, 0.25) is 0 Å². The molecule has 1 heterocycles. The first-order chi connectivity index (χ1) is 29.8. The van der Waals surface area contributed by atoms with Gasteiger partial charge in [-0.3, -0.25) is 4.79 Å². The lowest BCUT2D eigenvalue weighted by Gasteiger charge is -2.40. The highest BCUT2D eigenvalue weighted by molar-refractivity contribution is 5.76. The zero-order valence-electron chi connectivity index (χ0n) is 38.1. The number of allylic oxidation sites excluding steroid dienone is 15. The molecular formula is C52H87NO8. The number of carbonyl (C=O) groups excluding carboxylic acids is 1. The van der Waals surface area contributed by atoms with E-state index in [1.165, 1.54) is 57.8 Å². The predicted octanol–water partition coefficient (Wildman–Crippen LogP) is 10.5. The van der Waals surface area contributed by atoms with E-state index in [1.807, 2.05) is 6.08 Å². The molecule has 0 aromatic rings. The molecule has 348 valence electrons. The molecule has 9 nitrogen and oxygen atoms in total. The van der Waals surface area contributed by atoms with E-state index in [0.717, 1.165) is 83.5 Å². The lowest BCUT2D eigenvalue weighted by atomic mass is 9.99. The van der Waals surface area contributed by atoms with E-state index in [9.17, 15) is 30.3 Å². The Morgan fingerprint density at radius 3 is 1.57 bits per heavy atom. The Morgan fingerprint density at radius 2 is 1.03 bits per heavy atom. The van der Waals surface area contributed by atoms with E-state index in [-0.39, 0.29) is 12.5 Å². The highest BCUT2D eigenvalue weighted by atomic mass is 16.7. The van der Waals surface area contributed by atoms with E-state index in [1.54, 1.807) is 6.08 Å². The number of rotatable bonds is 38. The Labute approximate surface area is 371 Å². The van der Waals surface area contributed by atoms with E-state index in [0.29, 0.717) is 12.8 Å². The van der Waals surface area contributed by atoms with Gasteiger partial charge in [-0.1, -0.05) is 175 Å². The number of hydrogen-bond donors (Lipinski definition) is 6. The Hall–Kier alpha value is -2.89. The van der Waals surface area contributed by atoms with Crippen molar-refractivity contribution in [1.82, 2.24) is 5.32 Å². The summed E-state index contributed by atoms with van der Waals surface area (Å²) >= 11 is 0. The van der Waals surface area contributed by atoms with Gasteiger partial charge in [-0.25, -0.2) is 0 Å². The molecule has 6 N–H and O–H groups in total. The van der Waals surface area contributed by atoms with Crippen molar-refractivity contribution in [1.29, 1.82) is 0 Å². The number of hydrogen-bond acceptors (Lipinski definition) is 8. The third kappa shape index (κ3) is 31.6. The number of carbonyl (C=O) groups is 1. The van der Waals surface area contributed by atoms with Crippen molar-refractivity contribution >= 4 is 5.91 Å². The molecular weight excluding hydrogens is 767 g/mol. The second-order valence-electron chi connectivity index (χ2n) is 16.2. The molecule has 0 aromatic heterocycles. The lowest BCUT2D eigenvalue weighted by molar-refractivity contribution is -0.302. The van der Waals surface area contributed by atoms with Crippen molar-refractivity contribution in [2.24, 2.45) is 0 Å². The number of amides is 1. The number of nitrogens with one attached hydrogen (secondary N) is 1. The van der Waals surface area contributed by atoms with Crippen LogP contribution in [-0.4, -0.2) is 87.5 Å². The first-order valence-electron chi connectivity index (χ1n) is 24.0. The molecule has 0 saturated carbocycles. The Bertz CT molecular complexity index is 1270. The van der Waals surface area contributed by atoms with E-state index in [2.05, 4.69) is 104 Å². The van der Waals surface area contributed by atoms with E-state index >= 15 is 0 Å². The van der Waals surface area contributed by atoms with Crippen LogP contribution in [-0.2, 0) is 14.3 Å². The summed E-state index contributed by atoms with van der Waals surface area (Å²) in [6.45, 7) is 3.60. The van der Waals surface area contributed by atoms with Gasteiger partial charge in [0.1, 0.15) is 24.4 Å². The minimum atomic E-state index is -1.58. The van der Waals surface area contributed by atoms with Gasteiger partial charge in [-0.2, -0.15) is 0 Å². The SMILES string of the molecule is CC/C=C\C/C=C\C/C=C\C/C=C\C/C=C\C/C=C\CCCCCCC(=O)NC(COC1OC(CO)C(O)C(O)C1O)C(O)/C=C/CC/C=C/CCCCCCCCCCC. The third-order valence-corrected chi connectivity index (χ3v) is 10.6. The van der Waals surface area contributed by atoms with Gasteiger partial charge in [0, 0.05) is 6.42 Å². The topological polar surface area (TPSA) is 149 Å². The molecule has 61 heavy (non-hydrogen) atoms. The minimum Gasteiger partial charge on any atom is -0.394 e.